The summed E-state index contributed by atoms with van der Waals surface area (Å²) in [6.07, 6.45) is 0. The molecule has 0 aliphatic carbocycles. The molecule has 0 aromatic heterocycles. The largest absolute Gasteiger partial charge is 0.207 e. The lowest BCUT2D eigenvalue weighted by Crippen LogP contribution is -2.11. The van der Waals surface area contributed by atoms with Crippen molar-refractivity contribution in [3.63, 3.8) is 0 Å². The van der Waals surface area contributed by atoms with E-state index < -0.39 is 5.38 Å². The SMILES string of the molecule is CC(C)(C)c1ccc(C(Cl)c2cc(Cl)c(Br)cc2F)cc1. The van der Waals surface area contributed by atoms with Crippen LogP contribution >= 0.6 is 39.1 Å². The summed E-state index contributed by atoms with van der Waals surface area (Å²) in [6.45, 7) is 6.44. The van der Waals surface area contributed by atoms with E-state index in [0.29, 0.717) is 15.1 Å². The number of alkyl halides is 1. The van der Waals surface area contributed by atoms with Crippen LogP contribution in [0.3, 0.4) is 0 Å². The Balaban J connectivity index is 2.36. The highest BCUT2D eigenvalue weighted by Crippen LogP contribution is 2.36. The smallest absolute Gasteiger partial charge is 0.129 e. The number of rotatable bonds is 2. The maximum absolute atomic E-state index is 14.1. The van der Waals surface area contributed by atoms with Gasteiger partial charge >= 0.3 is 0 Å². The zero-order valence-electron chi connectivity index (χ0n) is 12.1. The summed E-state index contributed by atoms with van der Waals surface area (Å²) in [5.41, 5.74) is 2.52. The zero-order chi connectivity index (χ0) is 15.8. The second-order valence-corrected chi connectivity index (χ2v) is 7.72. The molecule has 0 heterocycles. The molecule has 1 unspecified atom stereocenters. The lowest BCUT2D eigenvalue weighted by atomic mass is 9.86. The third-order valence-corrected chi connectivity index (χ3v) is 5.07. The van der Waals surface area contributed by atoms with Crippen molar-refractivity contribution in [1.82, 2.24) is 0 Å². The molecule has 2 aromatic carbocycles. The fraction of sp³-hybridized carbons (Fsp3) is 0.294. The molecule has 0 radical (unpaired) electrons. The van der Waals surface area contributed by atoms with Crippen LogP contribution < -0.4 is 0 Å². The lowest BCUT2D eigenvalue weighted by Gasteiger charge is -2.20. The minimum atomic E-state index is -0.565. The Labute approximate surface area is 143 Å². The molecule has 2 rings (SSSR count). The van der Waals surface area contributed by atoms with E-state index in [1.54, 1.807) is 6.07 Å². The van der Waals surface area contributed by atoms with Gasteiger partial charge in [0.15, 0.2) is 0 Å². The van der Waals surface area contributed by atoms with Crippen molar-refractivity contribution in [3.05, 3.63) is 68.4 Å². The summed E-state index contributed by atoms with van der Waals surface area (Å²) in [5.74, 6) is -0.369. The second-order valence-electron chi connectivity index (χ2n) is 6.02. The van der Waals surface area contributed by atoms with E-state index in [9.17, 15) is 4.39 Å². The van der Waals surface area contributed by atoms with Gasteiger partial charge < -0.3 is 0 Å². The van der Waals surface area contributed by atoms with Crippen LogP contribution in [0.25, 0.3) is 0 Å². The molecule has 0 N–H and O–H groups in total. The topological polar surface area (TPSA) is 0 Å². The van der Waals surface area contributed by atoms with Crippen LogP contribution in [0.15, 0.2) is 40.9 Å². The van der Waals surface area contributed by atoms with Crippen molar-refractivity contribution in [2.24, 2.45) is 0 Å². The average Bonchev–Trinajstić information content (AvgIpc) is 2.41. The van der Waals surface area contributed by atoms with Crippen LogP contribution in [0, 0.1) is 5.82 Å². The van der Waals surface area contributed by atoms with E-state index in [1.807, 2.05) is 24.3 Å². The van der Waals surface area contributed by atoms with Crippen LogP contribution in [0.1, 0.15) is 42.8 Å². The molecule has 0 aliphatic rings. The molecular formula is C17H16BrCl2F. The van der Waals surface area contributed by atoms with E-state index in [4.69, 9.17) is 23.2 Å². The van der Waals surface area contributed by atoms with Gasteiger partial charge in [0, 0.05) is 10.0 Å². The summed E-state index contributed by atoms with van der Waals surface area (Å²) in [4.78, 5) is 0. The number of hydrogen-bond donors (Lipinski definition) is 0. The van der Waals surface area contributed by atoms with E-state index >= 15 is 0 Å². The average molecular weight is 390 g/mol. The van der Waals surface area contributed by atoms with Crippen LogP contribution in [0.4, 0.5) is 4.39 Å². The van der Waals surface area contributed by atoms with Crippen LogP contribution in [0.2, 0.25) is 5.02 Å². The molecule has 0 saturated heterocycles. The van der Waals surface area contributed by atoms with Crippen molar-refractivity contribution in [2.45, 2.75) is 31.6 Å². The van der Waals surface area contributed by atoms with Gasteiger partial charge in [0.1, 0.15) is 5.82 Å². The van der Waals surface area contributed by atoms with E-state index in [-0.39, 0.29) is 11.2 Å². The van der Waals surface area contributed by atoms with Crippen molar-refractivity contribution in [2.75, 3.05) is 0 Å². The summed E-state index contributed by atoms with van der Waals surface area (Å²) in [6, 6.07) is 10.8. The number of halogens is 4. The number of hydrogen-bond acceptors (Lipinski definition) is 0. The molecule has 2 aromatic rings. The maximum atomic E-state index is 14.1. The van der Waals surface area contributed by atoms with Crippen LogP contribution in [-0.4, -0.2) is 0 Å². The van der Waals surface area contributed by atoms with Gasteiger partial charge in [-0.1, -0.05) is 56.6 Å². The maximum Gasteiger partial charge on any atom is 0.129 e. The minimum Gasteiger partial charge on any atom is -0.207 e. The first kappa shape index (κ1) is 16.8. The molecule has 21 heavy (non-hydrogen) atoms. The van der Waals surface area contributed by atoms with Gasteiger partial charge in [0.05, 0.1) is 10.4 Å². The molecule has 0 nitrogen and oxygen atoms in total. The molecule has 0 amide bonds. The Morgan fingerprint density at radius 1 is 1.10 bits per heavy atom. The molecule has 0 saturated carbocycles. The van der Waals surface area contributed by atoms with Gasteiger partial charge in [-0.05, 0) is 44.6 Å². The fourth-order valence-electron chi connectivity index (χ4n) is 2.06. The normalized spacial score (nSPS) is 13.3. The van der Waals surface area contributed by atoms with Crippen LogP contribution in [-0.2, 0) is 5.41 Å². The second kappa shape index (κ2) is 6.28. The molecule has 112 valence electrons. The molecule has 0 aliphatic heterocycles. The molecule has 0 bridgehead atoms. The highest BCUT2D eigenvalue weighted by Gasteiger charge is 2.19. The standard InChI is InChI=1S/C17H16BrCl2F/c1-17(2,3)11-6-4-10(5-7-11)16(20)12-8-14(19)13(18)9-15(12)21/h4-9,16H,1-3H3. The van der Waals surface area contributed by atoms with E-state index in [0.717, 1.165) is 5.56 Å². The molecule has 1 atom stereocenters. The predicted molar refractivity (Wildman–Crippen MR) is 91.9 cm³/mol. The van der Waals surface area contributed by atoms with Gasteiger partial charge in [-0.15, -0.1) is 11.6 Å². The minimum absolute atomic E-state index is 0.0759. The Hall–Kier alpha value is -0.570. The Morgan fingerprint density at radius 2 is 1.67 bits per heavy atom. The van der Waals surface area contributed by atoms with Crippen molar-refractivity contribution in [3.8, 4) is 0 Å². The predicted octanol–water partition coefficient (Wildman–Crippen LogP) is 6.87. The molecule has 4 heteroatoms. The third-order valence-electron chi connectivity index (χ3n) is 3.38. The Kier molecular flexibility index (Phi) is 5.02. The zero-order valence-corrected chi connectivity index (χ0v) is 15.2. The monoisotopic (exact) mass is 388 g/mol. The first-order chi connectivity index (χ1) is 9.70. The first-order valence-electron chi connectivity index (χ1n) is 6.59. The molecular weight excluding hydrogens is 374 g/mol. The molecule has 0 spiro atoms. The lowest BCUT2D eigenvalue weighted by molar-refractivity contribution is 0.589. The molecule has 0 fully saturated rings. The highest BCUT2D eigenvalue weighted by atomic mass is 79.9. The Bertz CT molecular complexity index is 645. The van der Waals surface area contributed by atoms with Crippen molar-refractivity contribution >= 4 is 39.1 Å². The first-order valence-corrected chi connectivity index (χ1v) is 8.20. The summed E-state index contributed by atoms with van der Waals surface area (Å²) in [7, 11) is 0. The van der Waals surface area contributed by atoms with E-state index in [1.165, 1.54) is 11.6 Å². The highest BCUT2D eigenvalue weighted by molar-refractivity contribution is 9.10. The summed E-state index contributed by atoms with van der Waals surface area (Å²) in [5, 5.41) is -0.118. The fourth-order valence-corrected chi connectivity index (χ4v) is 2.86. The van der Waals surface area contributed by atoms with Crippen LogP contribution in [0.5, 0.6) is 0 Å². The van der Waals surface area contributed by atoms with Crippen molar-refractivity contribution < 1.29 is 4.39 Å². The van der Waals surface area contributed by atoms with Gasteiger partial charge in [-0.3, -0.25) is 0 Å². The van der Waals surface area contributed by atoms with Gasteiger partial charge in [-0.25, -0.2) is 4.39 Å². The third kappa shape index (κ3) is 3.80. The van der Waals surface area contributed by atoms with Crippen molar-refractivity contribution in [1.29, 1.82) is 0 Å². The Morgan fingerprint density at radius 3 is 2.19 bits per heavy atom. The van der Waals surface area contributed by atoms with Gasteiger partial charge in [0.2, 0.25) is 0 Å². The summed E-state index contributed by atoms with van der Waals surface area (Å²) < 4.78 is 14.6. The van der Waals surface area contributed by atoms with E-state index in [2.05, 4.69) is 36.7 Å². The number of benzene rings is 2. The quantitative estimate of drug-likeness (QED) is 0.388. The summed E-state index contributed by atoms with van der Waals surface area (Å²) >= 11 is 15.6. The van der Waals surface area contributed by atoms with Gasteiger partial charge in [-0.2, -0.15) is 0 Å². The van der Waals surface area contributed by atoms with Gasteiger partial charge in [0.25, 0.3) is 0 Å².